The van der Waals surface area contributed by atoms with Gasteiger partial charge >= 0.3 is 12.2 Å². The molecular weight excluding hydrogens is 607 g/mol. The lowest BCUT2D eigenvalue weighted by molar-refractivity contribution is -0.167. The van der Waals surface area contributed by atoms with E-state index in [2.05, 4.69) is 21.6 Å². The highest BCUT2D eigenvalue weighted by molar-refractivity contribution is 8.04. The van der Waals surface area contributed by atoms with Gasteiger partial charge in [0.2, 0.25) is 10.8 Å². The molecule has 230 valence electrons. The van der Waals surface area contributed by atoms with Gasteiger partial charge in [-0.2, -0.15) is 18.4 Å². The number of aromatic nitrogens is 3. The highest BCUT2D eigenvalue weighted by Gasteiger charge is 2.62. The van der Waals surface area contributed by atoms with E-state index in [-0.39, 0.29) is 27.7 Å². The van der Waals surface area contributed by atoms with Gasteiger partial charge in [-0.05, 0) is 42.0 Å². The van der Waals surface area contributed by atoms with E-state index >= 15 is 13.2 Å². The Balaban J connectivity index is 1.62. The summed E-state index contributed by atoms with van der Waals surface area (Å²) in [6, 6.07) is 23.4. The predicted octanol–water partition coefficient (Wildman–Crippen LogP) is 5.68. The van der Waals surface area contributed by atoms with Crippen LogP contribution in [0.2, 0.25) is 0 Å². The number of allylic oxidation sites excluding steroid dienone is 1. The van der Waals surface area contributed by atoms with Crippen molar-refractivity contribution in [2.24, 2.45) is 0 Å². The number of urea groups is 1. The molecule has 0 saturated carbocycles. The van der Waals surface area contributed by atoms with Crippen molar-refractivity contribution >= 4 is 35.0 Å². The van der Waals surface area contributed by atoms with Crippen molar-refractivity contribution in [1.82, 2.24) is 20.1 Å². The molecule has 14 heteroatoms. The fourth-order valence-electron chi connectivity index (χ4n) is 5.15. The molecule has 2 aliphatic rings. The topological polar surface area (TPSA) is 109 Å². The number of benzene rings is 3. The van der Waals surface area contributed by atoms with Gasteiger partial charge in [0.1, 0.15) is 22.4 Å². The molecule has 1 aromatic heterocycles. The van der Waals surface area contributed by atoms with Gasteiger partial charge < -0.3 is 19.7 Å². The second-order valence-electron chi connectivity index (χ2n) is 10.00. The van der Waals surface area contributed by atoms with E-state index in [4.69, 9.17) is 9.47 Å². The van der Waals surface area contributed by atoms with Crippen molar-refractivity contribution in [1.29, 1.82) is 5.26 Å². The number of halogens is 3. The zero-order chi connectivity index (χ0) is 31.6. The molecule has 6 rings (SSSR count). The molecule has 2 amide bonds. The van der Waals surface area contributed by atoms with E-state index in [0.717, 1.165) is 4.90 Å². The molecular formula is C31H26F3N7O3S. The van der Waals surface area contributed by atoms with E-state index in [9.17, 15) is 10.1 Å². The van der Waals surface area contributed by atoms with Crippen LogP contribution < -0.4 is 19.9 Å². The maximum absolute atomic E-state index is 15.3. The zero-order valence-electron chi connectivity index (χ0n) is 23.9. The number of carbonyl (C=O) groups excluding carboxylic acids is 1. The van der Waals surface area contributed by atoms with Crippen LogP contribution in [-0.2, 0) is 9.61 Å². The molecule has 3 aromatic carbocycles. The first-order chi connectivity index (χ1) is 21.8. The van der Waals surface area contributed by atoms with Crippen LogP contribution >= 0.6 is 11.8 Å². The largest absolute Gasteiger partial charge is 0.497 e. The summed E-state index contributed by atoms with van der Waals surface area (Å²) in [6.45, 7) is 1.87. The molecule has 0 unspecified atom stereocenters. The Labute approximate surface area is 260 Å². The quantitative estimate of drug-likeness (QED) is 0.270. The van der Waals surface area contributed by atoms with Crippen molar-refractivity contribution in [3.05, 3.63) is 101 Å². The Bertz CT molecular complexity index is 1750. The molecule has 2 fully saturated rings. The number of ether oxygens (including phenoxy) is 2. The minimum atomic E-state index is -5.00. The molecule has 0 radical (unpaired) electrons. The number of nitriles is 1. The Morgan fingerprint density at radius 3 is 2.18 bits per heavy atom. The van der Waals surface area contributed by atoms with Gasteiger partial charge in [0.15, 0.2) is 5.82 Å². The number of nitrogens with one attached hydrogen (secondary N) is 1. The summed E-state index contributed by atoms with van der Waals surface area (Å²) < 4.78 is 58.0. The summed E-state index contributed by atoms with van der Waals surface area (Å²) in [4.78, 5) is 13.9. The minimum Gasteiger partial charge on any atom is -0.497 e. The Morgan fingerprint density at radius 2 is 1.60 bits per heavy atom. The van der Waals surface area contributed by atoms with Crippen molar-refractivity contribution in [3.63, 3.8) is 0 Å². The lowest BCUT2D eigenvalue weighted by atomic mass is 10.1. The highest BCUT2D eigenvalue weighted by atomic mass is 32.2. The molecule has 0 spiro atoms. The summed E-state index contributed by atoms with van der Waals surface area (Å²) in [6.07, 6.45) is -5.00. The number of hydrogen-bond acceptors (Lipinski definition) is 8. The average Bonchev–Trinajstić information content (AvgIpc) is 3.50. The van der Waals surface area contributed by atoms with Gasteiger partial charge in [0.05, 0.1) is 31.7 Å². The number of methoxy groups -OCH3 is 1. The van der Waals surface area contributed by atoms with Gasteiger partial charge in [-0.25, -0.2) is 4.79 Å². The van der Waals surface area contributed by atoms with Crippen LogP contribution in [0, 0.1) is 11.3 Å². The molecule has 4 aromatic rings. The summed E-state index contributed by atoms with van der Waals surface area (Å²) in [5.41, 5.74) is 0.322. The second kappa shape index (κ2) is 12.2. The third-order valence-electron chi connectivity index (χ3n) is 7.35. The fraction of sp³-hybridized carbons (Fsp3) is 0.226. The second-order valence-corrected chi connectivity index (χ2v) is 11.2. The molecule has 1 N–H and O–H groups in total. The molecule has 3 heterocycles. The number of alkyl halides is 3. The molecule has 1 atom stereocenters. The number of carbonyl (C=O) groups is 1. The smallest absolute Gasteiger partial charge is 0.425 e. The van der Waals surface area contributed by atoms with Gasteiger partial charge in [0.25, 0.3) is 0 Å². The van der Waals surface area contributed by atoms with Crippen LogP contribution in [0.4, 0.5) is 29.6 Å². The van der Waals surface area contributed by atoms with Crippen LogP contribution in [0.15, 0.2) is 90.0 Å². The van der Waals surface area contributed by atoms with Gasteiger partial charge in [-0.15, -0.1) is 10.2 Å². The van der Waals surface area contributed by atoms with Crippen molar-refractivity contribution in [3.8, 4) is 17.5 Å². The lowest BCUT2D eigenvalue weighted by Crippen LogP contribution is -2.61. The van der Waals surface area contributed by atoms with Gasteiger partial charge in [-0.1, -0.05) is 60.3 Å². The molecule has 10 nitrogen and oxygen atoms in total. The number of rotatable bonds is 6. The summed E-state index contributed by atoms with van der Waals surface area (Å²) in [5.74, 6) is 0.713. The van der Waals surface area contributed by atoms with Crippen LogP contribution in [0.3, 0.4) is 0 Å². The first kappa shape index (κ1) is 30.0. The Morgan fingerprint density at radius 1 is 0.978 bits per heavy atom. The van der Waals surface area contributed by atoms with Crippen molar-refractivity contribution < 1.29 is 27.4 Å². The summed E-state index contributed by atoms with van der Waals surface area (Å²) >= 11 is 0.306. The van der Waals surface area contributed by atoms with Crippen molar-refractivity contribution in [2.45, 2.75) is 11.0 Å². The van der Waals surface area contributed by atoms with E-state index < -0.39 is 17.1 Å². The van der Waals surface area contributed by atoms with Crippen molar-refractivity contribution in [2.75, 3.05) is 43.2 Å². The Hall–Kier alpha value is -5.00. The fourth-order valence-corrected chi connectivity index (χ4v) is 6.47. The highest BCUT2D eigenvalue weighted by Crippen LogP contribution is 2.55. The molecule has 45 heavy (non-hydrogen) atoms. The van der Waals surface area contributed by atoms with E-state index in [1.807, 2.05) is 11.0 Å². The number of para-hydroxylation sites is 2. The molecule has 0 bridgehead atoms. The predicted molar refractivity (Wildman–Crippen MR) is 163 cm³/mol. The third kappa shape index (κ3) is 5.45. The van der Waals surface area contributed by atoms with E-state index in [1.165, 1.54) is 31.4 Å². The number of anilines is 2. The number of nitrogens with zero attached hydrogens (tertiary/aromatic N) is 6. The van der Waals surface area contributed by atoms with E-state index in [1.54, 1.807) is 59.2 Å². The zero-order valence-corrected chi connectivity index (χ0v) is 24.7. The minimum absolute atomic E-state index is 0.0193. The number of amides is 2. The number of thioether (sulfide) groups is 1. The molecule has 0 aliphatic carbocycles. The molecule has 2 aliphatic heterocycles. The maximum atomic E-state index is 15.3. The normalized spacial score (nSPS) is 19.9. The Kier molecular flexibility index (Phi) is 8.13. The SMILES string of the molecule is COc1ccc([C@]2(C(F)(F)F)NC(=O)N(c3ccccc3)/C(=C(\C#N)c3nnc(N4CCOCC4)n3-c3ccccc3)S2)cc1. The standard InChI is InChI=1S/C31H26F3N7O3S/c1-43-24-14-12-21(13-15-24)30(31(32,33)34)36-29(42)41(23-10-6-3-7-11-23)27(45-30)25(20-35)26-37-38-28(39-16-18-44-19-17-39)40(26)22-8-4-2-5-9-22/h2-15H,16-19H2,1H3,(H,36,42)/b27-25-/t30-/m0/s1. The lowest BCUT2D eigenvalue weighted by Gasteiger charge is -2.44. The third-order valence-corrected chi connectivity index (χ3v) is 8.81. The van der Waals surface area contributed by atoms with Crippen LogP contribution in [-0.4, -0.2) is 60.4 Å². The van der Waals surface area contributed by atoms with Gasteiger partial charge in [-0.3, -0.25) is 9.47 Å². The van der Waals surface area contributed by atoms with Crippen LogP contribution in [0.25, 0.3) is 11.3 Å². The van der Waals surface area contributed by atoms with E-state index in [0.29, 0.717) is 55.5 Å². The maximum Gasteiger partial charge on any atom is 0.425 e. The van der Waals surface area contributed by atoms with Gasteiger partial charge in [0, 0.05) is 13.1 Å². The summed E-state index contributed by atoms with van der Waals surface area (Å²) in [5, 5.41) is 21.4. The first-order valence-corrected chi connectivity index (χ1v) is 14.6. The monoisotopic (exact) mass is 633 g/mol. The summed E-state index contributed by atoms with van der Waals surface area (Å²) in [7, 11) is 1.40. The van der Waals surface area contributed by atoms with Crippen LogP contribution in [0.5, 0.6) is 5.75 Å². The van der Waals surface area contributed by atoms with Crippen LogP contribution in [0.1, 0.15) is 11.4 Å². The number of hydrogen-bond donors (Lipinski definition) is 1. The average molecular weight is 634 g/mol. The first-order valence-electron chi connectivity index (χ1n) is 13.8. The number of morpholine rings is 1. The molecule has 2 saturated heterocycles.